The van der Waals surface area contributed by atoms with Crippen molar-refractivity contribution < 1.29 is 18.7 Å². The van der Waals surface area contributed by atoms with Gasteiger partial charge in [0, 0.05) is 12.6 Å². The van der Waals surface area contributed by atoms with Crippen molar-refractivity contribution in [3.8, 4) is 0 Å². The summed E-state index contributed by atoms with van der Waals surface area (Å²) in [5.41, 5.74) is 0.875. The maximum Gasteiger partial charge on any atom is 0.371 e. The number of carboxylic acid groups (broad SMARTS) is 1. The zero-order valence-electron chi connectivity index (χ0n) is 8.81. The van der Waals surface area contributed by atoms with Crippen molar-refractivity contribution in [1.29, 1.82) is 0 Å². The predicted octanol–water partition coefficient (Wildman–Crippen LogP) is 2.73. The number of hydrogen-bond donors (Lipinski definition) is 2. The van der Waals surface area contributed by atoms with Crippen molar-refractivity contribution >= 4 is 11.9 Å². The van der Waals surface area contributed by atoms with Gasteiger partial charge in [-0.2, -0.15) is 0 Å². The first-order valence-electron chi connectivity index (χ1n) is 4.96. The molecule has 0 saturated carbocycles. The van der Waals surface area contributed by atoms with Gasteiger partial charge in [0.1, 0.15) is 5.82 Å². The summed E-state index contributed by atoms with van der Waals surface area (Å²) in [5, 5.41) is 11.6. The number of nitrogens with one attached hydrogen (secondary N) is 1. The monoisotopic (exact) mass is 235 g/mol. The SMILES string of the molecule is O=C(O)c1ccc(NCc2ccc(F)cc2)o1. The van der Waals surface area contributed by atoms with Gasteiger partial charge in [0.15, 0.2) is 5.88 Å². The average molecular weight is 235 g/mol. The molecule has 1 heterocycles. The second-order valence-corrected chi connectivity index (χ2v) is 3.45. The van der Waals surface area contributed by atoms with Crippen molar-refractivity contribution in [2.75, 3.05) is 5.32 Å². The number of carbonyl (C=O) groups is 1. The first-order valence-corrected chi connectivity index (χ1v) is 4.96. The van der Waals surface area contributed by atoms with Crippen molar-refractivity contribution in [2.45, 2.75) is 6.54 Å². The predicted molar refractivity (Wildman–Crippen MR) is 59.4 cm³/mol. The smallest absolute Gasteiger partial charge is 0.371 e. The van der Waals surface area contributed by atoms with Crippen LogP contribution in [0.1, 0.15) is 16.1 Å². The van der Waals surface area contributed by atoms with Gasteiger partial charge in [0.2, 0.25) is 5.76 Å². The van der Waals surface area contributed by atoms with E-state index in [9.17, 15) is 9.18 Å². The van der Waals surface area contributed by atoms with Gasteiger partial charge in [-0.1, -0.05) is 12.1 Å². The fourth-order valence-electron chi connectivity index (χ4n) is 1.34. The minimum absolute atomic E-state index is 0.119. The summed E-state index contributed by atoms with van der Waals surface area (Å²) in [7, 11) is 0. The summed E-state index contributed by atoms with van der Waals surface area (Å²) in [6.07, 6.45) is 0. The fourth-order valence-corrected chi connectivity index (χ4v) is 1.34. The average Bonchev–Trinajstić information content (AvgIpc) is 2.77. The summed E-state index contributed by atoms with van der Waals surface area (Å²) < 4.78 is 17.6. The molecule has 0 spiro atoms. The van der Waals surface area contributed by atoms with E-state index in [0.717, 1.165) is 5.56 Å². The Morgan fingerprint density at radius 2 is 1.94 bits per heavy atom. The summed E-state index contributed by atoms with van der Waals surface area (Å²) in [4.78, 5) is 10.6. The highest BCUT2D eigenvalue weighted by Crippen LogP contribution is 2.14. The number of hydrogen-bond acceptors (Lipinski definition) is 3. The van der Waals surface area contributed by atoms with Gasteiger partial charge in [0.05, 0.1) is 0 Å². The lowest BCUT2D eigenvalue weighted by molar-refractivity contribution is 0.0663. The van der Waals surface area contributed by atoms with E-state index >= 15 is 0 Å². The van der Waals surface area contributed by atoms with Crippen molar-refractivity contribution in [3.63, 3.8) is 0 Å². The van der Waals surface area contributed by atoms with Gasteiger partial charge in [-0.25, -0.2) is 9.18 Å². The lowest BCUT2D eigenvalue weighted by Gasteiger charge is -2.02. The first kappa shape index (κ1) is 11.2. The molecule has 0 atom stereocenters. The third kappa shape index (κ3) is 2.84. The van der Waals surface area contributed by atoms with Crippen LogP contribution in [0.5, 0.6) is 0 Å². The molecule has 0 aliphatic heterocycles. The lowest BCUT2D eigenvalue weighted by atomic mass is 10.2. The minimum atomic E-state index is -1.11. The van der Waals surface area contributed by atoms with Gasteiger partial charge in [-0.3, -0.25) is 0 Å². The Morgan fingerprint density at radius 3 is 2.53 bits per heavy atom. The van der Waals surface area contributed by atoms with E-state index in [1.54, 1.807) is 12.1 Å². The molecule has 0 unspecified atom stereocenters. The number of aromatic carboxylic acids is 1. The van der Waals surface area contributed by atoms with Gasteiger partial charge in [0.25, 0.3) is 0 Å². The molecule has 0 aliphatic carbocycles. The highest BCUT2D eigenvalue weighted by molar-refractivity contribution is 5.84. The molecule has 0 fully saturated rings. The van der Waals surface area contributed by atoms with Crippen LogP contribution in [0.3, 0.4) is 0 Å². The Bertz CT molecular complexity index is 519. The topological polar surface area (TPSA) is 62.5 Å². The maximum atomic E-state index is 12.6. The van der Waals surface area contributed by atoms with Crippen molar-refractivity contribution in [3.05, 3.63) is 53.5 Å². The van der Waals surface area contributed by atoms with E-state index < -0.39 is 5.97 Å². The van der Waals surface area contributed by atoms with Crippen LogP contribution in [0.4, 0.5) is 10.3 Å². The van der Waals surface area contributed by atoms with Crippen LogP contribution in [0.25, 0.3) is 0 Å². The van der Waals surface area contributed by atoms with Crippen LogP contribution in [0, 0.1) is 5.82 Å². The van der Waals surface area contributed by atoms with Crippen LogP contribution in [-0.2, 0) is 6.54 Å². The lowest BCUT2D eigenvalue weighted by Crippen LogP contribution is -1.98. The summed E-state index contributed by atoms with van der Waals surface area (Å²) in [5.74, 6) is -1.15. The number of halogens is 1. The Labute approximate surface area is 96.7 Å². The first-order chi connectivity index (χ1) is 8.15. The van der Waals surface area contributed by atoms with Gasteiger partial charge < -0.3 is 14.8 Å². The van der Waals surface area contributed by atoms with Crippen LogP contribution < -0.4 is 5.32 Å². The Balaban J connectivity index is 1.97. The summed E-state index contributed by atoms with van der Waals surface area (Å²) in [6.45, 7) is 0.437. The highest BCUT2D eigenvalue weighted by Gasteiger charge is 2.08. The summed E-state index contributed by atoms with van der Waals surface area (Å²) >= 11 is 0. The molecule has 4 nitrogen and oxygen atoms in total. The van der Waals surface area contributed by atoms with Crippen LogP contribution in [-0.4, -0.2) is 11.1 Å². The van der Waals surface area contributed by atoms with E-state index in [4.69, 9.17) is 9.52 Å². The fraction of sp³-hybridized carbons (Fsp3) is 0.0833. The number of rotatable bonds is 4. The molecule has 0 amide bonds. The van der Waals surface area contributed by atoms with Crippen LogP contribution in [0.2, 0.25) is 0 Å². The van der Waals surface area contributed by atoms with E-state index in [1.165, 1.54) is 24.3 Å². The Kier molecular flexibility index (Phi) is 3.09. The summed E-state index contributed by atoms with van der Waals surface area (Å²) in [6, 6.07) is 8.92. The van der Waals surface area contributed by atoms with Crippen molar-refractivity contribution in [1.82, 2.24) is 0 Å². The molecule has 2 aromatic rings. The van der Waals surface area contributed by atoms with Crippen molar-refractivity contribution in [2.24, 2.45) is 0 Å². The molecule has 2 N–H and O–H groups in total. The van der Waals surface area contributed by atoms with E-state index in [1.807, 2.05) is 0 Å². The molecule has 0 aliphatic rings. The largest absolute Gasteiger partial charge is 0.475 e. The molecule has 88 valence electrons. The molecule has 1 aromatic carbocycles. The molecule has 0 saturated heterocycles. The van der Waals surface area contributed by atoms with E-state index in [2.05, 4.69) is 5.32 Å². The molecule has 0 bridgehead atoms. The molecule has 1 aromatic heterocycles. The second kappa shape index (κ2) is 4.69. The maximum absolute atomic E-state index is 12.6. The molecule has 17 heavy (non-hydrogen) atoms. The molecule has 2 rings (SSSR count). The Morgan fingerprint density at radius 1 is 1.24 bits per heavy atom. The third-order valence-corrected chi connectivity index (χ3v) is 2.20. The molecular weight excluding hydrogens is 225 g/mol. The Hall–Kier alpha value is -2.30. The zero-order chi connectivity index (χ0) is 12.3. The number of benzene rings is 1. The van der Waals surface area contributed by atoms with Gasteiger partial charge in [-0.15, -0.1) is 0 Å². The standard InChI is InChI=1S/C12H10FNO3/c13-9-3-1-8(2-4-9)7-14-11-6-5-10(17-11)12(15)16/h1-6,14H,7H2,(H,15,16). The number of carboxylic acids is 1. The number of anilines is 1. The van der Waals surface area contributed by atoms with Gasteiger partial charge in [-0.05, 0) is 23.8 Å². The third-order valence-electron chi connectivity index (χ3n) is 2.20. The normalized spacial score (nSPS) is 10.2. The molecular formula is C12H10FNO3. The van der Waals surface area contributed by atoms with E-state index in [-0.39, 0.29) is 11.6 Å². The van der Waals surface area contributed by atoms with Crippen LogP contribution in [0.15, 0.2) is 40.8 Å². The van der Waals surface area contributed by atoms with Gasteiger partial charge >= 0.3 is 5.97 Å². The van der Waals surface area contributed by atoms with Crippen LogP contribution >= 0.6 is 0 Å². The second-order valence-electron chi connectivity index (χ2n) is 3.45. The van der Waals surface area contributed by atoms with E-state index in [0.29, 0.717) is 12.4 Å². The zero-order valence-corrected chi connectivity index (χ0v) is 8.81. The molecule has 5 heteroatoms. The number of furan rings is 1. The quantitative estimate of drug-likeness (QED) is 0.855. The molecule has 0 radical (unpaired) electrons. The highest BCUT2D eigenvalue weighted by atomic mass is 19.1. The minimum Gasteiger partial charge on any atom is -0.475 e.